The standard InChI is InChI=1S/C11H18ClNOS/c12-7-8-3-1-4-9(8)13-11(14)10-5-2-6-15-10/h8-10H,1-7H2,(H,13,14). The summed E-state index contributed by atoms with van der Waals surface area (Å²) in [6.07, 6.45) is 5.73. The van der Waals surface area contributed by atoms with Crippen molar-refractivity contribution in [3.63, 3.8) is 0 Å². The molecule has 2 fully saturated rings. The molecule has 2 nitrogen and oxygen atoms in total. The Balaban J connectivity index is 1.82. The lowest BCUT2D eigenvalue weighted by atomic mass is 10.1. The topological polar surface area (TPSA) is 29.1 Å². The zero-order valence-electron chi connectivity index (χ0n) is 8.88. The van der Waals surface area contributed by atoms with Crippen molar-refractivity contribution in [3.8, 4) is 0 Å². The zero-order valence-corrected chi connectivity index (χ0v) is 10.4. The van der Waals surface area contributed by atoms with Crippen LogP contribution >= 0.6 is 23.4 Å². The van der Waals surface area contributed by atoms with Crippen LogP contribution in [0.25, 0.3) is 0 Å². The van der Waals surface area contributed by atoms with Crippen molar-refractivity contribution < 1.29 is 4.79 Å². The Bertz CT molecular complexity index is 231. The molecule has 15 heavy (non-hydrogen) atoms. The van der Waals surface area contributed by atoms with Gasteiger partial charge in [-0.05, 0) is 37.4 Å². The van der Waals surface area contributed by atoms with E-state index in [1.807, 2.05) is 0 Å². The maximum atomic E-state index is 11.9. The van der Waals surface area contributed by atoms with E-state index in [1.54, 1.807) is 11.8 Å². The summed E-state index contributed by atoms with van der Waals surface area (Å²) in [5, 5.41) is 3.39. The van der Waals surface area contributed by atoms with Gasteiger partial charge in [0.05, 0.1) is 5.25 Å². The predicted molar refractivity (Wildman–Crippen MR) is 65.5 cm³/mol. The largest absolute Gasteiger partial charge is 0.352 e. The van der Waals surface area contributed by atoms with E-state index >= 15 is 0 Å². The van der Waals surface area contributed by atoms with Crippen LogP contribution in [0.5, 0.6) is 0 Å². The van der Waals surface area contributed by atoms with Crippen molar-refractivity contribution in [1.82, 2.24) is 5.32 Å². The van der Waals surface area contributed by atoms with E-state index in [-0.39, 0.29) is 11.2 Å². The van der Waals surface area contributed by atoms with E-state index in [0.717, 1.165) is 18.6 Å². The molecule has 0 bridgehead atoms. The quantitative estimate of drug-likeness (QED) is 0.776. The van der Waals surface area contributed by atoms with Crippen LogP contribution in [0.4, 0.5) is 0 Å². The Hall–Kier alpha value is 0.110. The van der Waals surface area contributed by atoms with Gasteiger partial charge in [-0.1, -0.05) is 6.42 Å². The summed E-state index contributed by atoms with van der Waals surface area (Å²) < 4.78 is 0. The summed E-state index contributed by atoms with van der Waals surface area (Å²) in [4.78, 5) is 11.9. The first-order valence-electron chi connectivity index (χ1n) is 5.79. The van der Waals surface area contributed by atoms with Crippen LogP contribution in [0.1, 0.15) is 32.1 Å². The number of hydrogen-bond acceptors (Lipinski definition) is 2. The van der Waals surface area contributed by atoms with Gasteiger partial charge >= 0.3 is 0 Å². The molecule has 1 amide bonds. The van der Waals surface area contributed by atoms with E-state index in [4.69, 9.17) is 11.6 Å². The molecule has 1 saturated heterocycles. The molecule has 2 aliphatic rings. The average molecular weight is 248 g/mol. The number of nitrogens with one attached hydrogen (secondary N) is 1. The average Bonchev–Trinajstić information content (AvgIpc) is 2.87. The Labute approximate surface area is 101 Å². The normalized spacial score (nSPS) is 35.7. The molecule has 1 heterocycles. The number of thioether (sulfide) groups is 1. The minimum atomic E-state index is 0.210. The highest BCUT2D eigenvalue weighted by Gasteiger charge is 2.31. The third-order valence-electron chi connectivity index (χ3n) is 3.41. The molecule has 1 aliphatic heterocycles. The van der Waals surface area contributed by atoms with Crippen LogP contribution in [0.3, 0.4) is 0 Å². The Kier molecular flexibility index (Phi) is 4.21. The predicted octanol–water partition coefficient (Wildman–Crippen LogP) is 2.41. The number of amides is 1. The summed E-state index contributed by atoms with van der Waals surface area (Å²) in [7, 11) is 0. The molecular weight excluding hydrogens is 230 g/mol. The van der Waals surface area contributed by atoms with Crippen molar-refractivity contribution in [3.05, 3.63) is 0 Å². The first kappa shape index (κ1) is 11.6. The van der Waals surface area contributed by atoms with Crippen molar-refractivity contribution >= 4 is 29.3 Å². The molecule has 1 saturated carbocycles. The van der Waals surface area contributed by atoms with Gasteiger partial charge in [-0.3, -0.25) is 4.79 Å². The fraction of sp³-hybridized carbons (Fsp3) is 0.909. The lowest BCUT2D eigenvalue weighted by Crippen LogP contribution is -2.41. The van der Waals surface area contributed by atoms with E-state index in [2.05, 4.69) is 5.32 Å². The van der Waals surface area contributed by atoms with Gasteiger partial charge in [0, 0.05) is 11.9 Å². The summed E-state index contributed by atoms with van der Waals surface area (Å²) in [5.74, 6) is 2.58. The van der Waals surface area contributed by atoms with Gasteiger partial charge < -0.3 is 5.32 Å². The first-order valence-corrected chi connectivity index (χ1v) is 7.37. The maximum absolute atomic E-state index is 11.9. The molecule has 1 N–H and O–H groups in total. The maximum Gasteiger partial charge on any atom is 0.233 e. The van der Waals surface area contributed by atoms with Crippen molar-refractivity contribution in [2.75, 3.05) is 11.6 Å². The Morgan fingerprint density at radius 3 is 2.87 bits per heavy atom. The number of alkyl halides is 1. The van der Waals surface area contributed by atoms with Crippen molar-refractivity contribution in [2.45, 2.75) is 43.4 Å². The van der Waals surface area contributed by atoms with Gasteiger partial charge in [-0.25, -0.2) is 0 Å². The molecule has 86 valence electrons. The zero-order chi connectivity index (χ0) is 10.7. The van der Waals surface area contributed by atoms with Crippen molar-refractivity contribution in [1.29, 1.82) is 0 Å². The lowest BCUT2D eigenvalue weighted by molar-refractivity contribution is -0.121. The molecule has 0 aromatic carbocycles. The van der Waals surface area contributed by atoms with E-state index in [9.17, 15) is 4.79 Å². The van der Waals surface area contributed by atoms with Gasteiger partial charge in [0.15, 0.2) is 0 Å². The molecule has 3 unspecified atom stereocenters. The highest BCUT2D eigenvalue weighted by atomic mass is 35.5. The molecule has 3 atom stereocenters. The second kappa shape index (κ2) is 5.44. The molecule has 0 spiro atoms. The third kappa shape index (κ3) is 2.82. The van der Waals surface area contributed by atoms with Crippen LogP contribution in [0.15, 0.2) is 0 Å². The first-order chi connectivity index (χ1) is 7.31. The number of hydrogen-bond donors (Lipinski definition) is 1. The lowest BCUT2D eigenvalue weighted by Gasteiger charge is -2.20. The number of rotatable bonds is 3. The van der Waals surface area contributed by atoms with Crippen LogP contribution in [-0.4, -0.2) is 28.8 Å². The van der Waals surface area contributed by atoms with Gasteiger partial charge in [-0.2, -0.15) is 0 Å². The molecule has 0 aromatic heterocycles. The summed E-state index contributed by atoms with van der Waals surface area (Å²) in [6.45, 7) is 0. The van der Waals surface area contributed by atoms with E-state index in [1.165, 1.54) is 19.3 Å². The van der Waals surface area contributed by atoms with E-state index < -0.39 is 0 Å². The Morgan fingerprint density at radius 2 is 2.20 bits per heavy atom. The molecular formula is C11H18ClNOS. The highest BCUT2D eigenvalue weighted by molar-refractivity contribution is 8.00. The molecule has 4 heteroatoms. The minimum Gasteiger partial charge on any atom is -0.352 e. The smallest absolute Gasteiger partial charge is 0.233 e. The van der Waals surface area contributed by atoms with E-state index in [0.29, 0.717) is 17.8 Å². The van der Waals surface area contributed by atoms with Crippen LogP contribution in [-0.2, 0) is 4.79 Å². The molecule has 0 aromatic rings. The van der Waals surface area contributed by atoms with Crippen LogP contribution in [0.2, 0.25) is 0 Å². The molecule has 0 radical (unpaired) electrons. The summed E-state index contributed by atoms with van der Waals surface area (Å²) in [5.41, 5.74) is 0. The van der Waals surface area contributed by atoms with Gasteiger partial charge in [-0.15, -0.1) is 23.4 Å². The van der Waals surface area contributed by atoms with Crippen LogP contribution < -0.4 is 5.32 Å². The van der Waals surface area contributed by atoms with Crippen molar-refractivity contribution in [2.24, 2.45) is 5.92 Å². The summed E-state index contributed by atoms with van der Waals surface area (Å²) >= 11 is 7.69. The molecule has 2 rings (SSSR count). The van der Waals surface area contributed by atoms with Gasteiger partial charge in [0.2, 0.25) is 5.91 Å². The number of carbonyl (C=O) groups is 1. The second-order valence-corrected chi connectivity index (χ2v) is 6.08. The van der Waals surface area contributed by atoms with Gasteiger partial charge in [0.1, 0.15) is 0 Å². The van der Waals surface area contributed by atoms with Crippen LogP contribution in [0, 0.1) is 5.92 Å². The molecule has 1 aliphatic carbocycles. The third-order valence-corrected chi connectivity index (χ3v) is 5.18. The highest BCUT2D eigenvalue weighted by Crippen LogP contribution is 2.29. The fourth-order valence-corrected chi connectivity index (χ4v) is 4.01. The number of halogens is 1. The monoisotopic (exact) mass is 247 g/mol. The number of carbonyl (C=O) groups excluding carboxylic acids is 1. The minimum absolute atomic E-state index is 0.210. The second-order valence-electron chi connectivity index (χ2n) is 4.46. The van der Waals surface area contributed by atoms with Gasteiger partial charge in [0.25, 0.3) is 0 Å². The SMILES string of the molecule is O=C(NC1CCCC1CCl)C1CCCS1. The Morgan fingerprint density at radius 1 is 1.33 bits per heavy atom. The fourth-order valence-electron chi connectivity index (χ4n) is 2.47. The summed E-state index contributed by atoms with van der Waals surface area (Å²) in [6, 6.07) is 0.344.